The molecule has 2 aromatic rings. The van der Waals surface area contributed by atoms with Gasteiger partial charge in [0.2, 0.25) is 0 Å². The van der Waals surface area contributed by atoms with E-state index in [4.69, 9.17) is 6.42 Å². The summed E-state index contributed by atoms with van der Waals surface area (Å²) in [6.45, 7) is 1.98. The molecule has 0 aliphatic carbocycles. The van der Waals surface area contributed by atoms with Gasteiger partial charge in [-0.05, 0) is 31.2 Å². The Labute approximate surface area is 77.4 Å². The van der Waals surface area contributed by atoms with Crippen molar-refractivity contribution in [3.8, 4) is 12.3 Å². The Morgan fingerprint density at radius 3 is 2.85 bits per heavy atom. The molecule has 0 radical (unpaired) electrons. The molecule has 2 rings (SSSR count). The van der Waals surface area contributed by atoms with E-state index in [0.29, 0.717) is 0 Å². The lowest BCUT2D eigenvalue weighted by Gasteiger charge is -1.98. The van der Waals surface area contributed by atoms with E-state index in [-0.39, 0.29) is 0 Å². The number of aryl methyl sites for hydroxylation is 1. The van der Waals surface area contributed by atoms with Gasteiger partial charge in [-0.3, -0.25) is 4.98 Å². The Hall–Kier alpha value is -1.81. The van der Waals surface area contributed by atoms with Gasteiger partial charge < -0.3 is 0 Å². The van der Waals surface area contributed by atoms with Crippen LogP contribution in [0.2, 0.25) is 0 Å². The van der Waals surface area contributed by atoms with E-state index in [1.165, 1.54) is 0 Å². The second kappa shape index (κ2) is 2.91. The molecule has 1 aromatic heterocycles. The number of fused-ring (bicyclic) bond motifs is 1. The van der Waals surface area contributed by atoms with Crippen molar-refractivity contribution in [1.82, 2.24) is 4.98 Å². The largest absolute Gasteiger partial charge is 0.253 e. The average Bonchev–Trinajstić information content (AvgIpc) is 2.17. The van der Waals surface area contributed by atoms with Crippen molar-refractivity contribution >= 4 is 10.9 Å². The second-order valence-corrected chi connectivity index (χ2v) is 3.00. The van der Waals surface area contributed by atoms with E-state index >= 15 is 0 Å². The van der Waals surface area contributed by atoms with Crippen LogP contribution in [0.4, 0.5) is 0 Å². The lowest BCUT2D eigenvalue weighted by molar-refractivity contribution is 1.26. The number of pyridine rings is 1. The monoisotopic (exact) mass is 167 g/mol. The minimum Gasteiger partial charge on any atom is -0.253 e. The fraction of sp³-hybridized carbons (Fsp3) is 0.0833. The lowest BCUT2D eigenvalue weighted by atomic mass is 10.1. The second-order valence-electron chi connectivity index (χ2n) is 3.00. The fourth-order valence-electron chi connectivity index (χ4n) is 1.32. The summed E-state index contributed by atoms with van der Waals surface area (Å²) in [7, 11) is 0. The van der Waals surface area contributed by atoms with Crippen LogP contribution in [0.3, 0.4) is 0 Å². The van der Waals surface area contributed by atoms with Crippen molar-refractivity contribution in [1.29, 1.82) is 0 Å². The summed E-state index contributed by atoms with van der Waals surface area (Å²) < 4.78 is 0. The van der Waals surface area contributed by atoms with Crippen LogP contribution in [-0.2, 0) is 0 Å². The highest BCUT2D eigenvalue weighted by molar-refractivity contribution is 5.80. The molecule has 0 saturated heterocycles. The molecule has 0 amide bonds. The average molecular weight is 167 g/mol. The van der Waals surface area contributed by atoms with Gasteiger partial charge in [0, 0.05) is 16.6 Å². The Morgan fingerprint density at radius 1 is 1.23 bits per heavy atom. The Bertz CT molecular complexity index is 492. The molecule has 0 unspecified atom stereocenters. The third kappa shape index (κ3) is 1.39. The maximum atomic E-state index is 5.30. The number of rotatable bonds is 0. The Balaban J connectivity index is 2.75. The van der Waals surface area contributed by atoms with Gasteiger partial charge in [-0.1, -0.05) is 12.0 Å². The standard InChI is InChI=1S/C12H9N/c1-3-10-5-7-12-11(8-10)6-4-9(2)13-12/h1,4-8H,2H3. The first kappa shape index (κ1) is 7.82. The molecular formula is C12H9N. The molecular weight excluding hydrogens is 158 g/mol. The van der Waals surface area contributed by atoms with Crippen molar-refractivity contribution in [3.05, 3.63) is 41.6 Å². The molecule has 1 heterocycles. The van der Waals surface area contributed by atoms with Crippen molar-refractivity contribution in [2.24, 2.45) is 0 Å². The Morgan fingerprint density at radius 2 is 2.08 bits per heavy atom. The minimum atomic E-state index is 0.901. The van der Waals surface area contributed by atoms with Gasteiger partial charge in [-0.2, -0.15) is 0 Å². The minimum absolute atomic E-state index is 0.901. The first-order chi connectivity index (χ1) is 6.29. The van der Waals surface area contributed by atoms with E-state index < -0.39 is 0 Å². The van der Waals surface area contributed by atoms with Crippen LogP contribution in [0.15, 0.2) is 30.3 Å². The van der Waals surface area contributed by atoms with Gasteiger partial charge in [-0.15, -0.1) is 6.42 Å². The summed E-state index contributed by atoms with van der Waals surface area (Å²) in [6, 6.07) is 9.87. The van der Waals surface area contributed by atoms with Gasteiger partial charge in [0.1, 0.15) is 0 Å². The van der Waals surface area contributed by atoms with Gasteiger partial charge in [0.25, 0.3) is 0 Å². The van der Waals surface area contributed by atoms with E-state index in [1.807, 2.05) is 37.3 Å². The third-order valence-corrected chi connectivity index (χ3v) is 2.00. The van der Waals surface area contributed by atoms with Crippen LogP contribution in [0.5, 0.6) is 0 Å². The summed E-state index contributed by atoms with van der Waals surface area (Å²) in [6.07, 6.45) is 5.30. The summed E-state index contributed by atoms with van der Waals surface area (Å²) in [5.41, 5.74) is 2.93. The quantitative estimate of drug-likeness (QED) is 0.549. The van der Waals surface area contributed by atoms with Crippen molar-refractivity contribution in [2.45, 2.75) is 6.92 Å². The summed E-state index contributed by atoms with van der Waals surface area (Å²) in [4.78, 5) is 4.38. The predicted molar refractivity (Wildman–Crippen MR) is 54.4 cm³/mol. The molecule has 0 aliphatic heterocycles. The zero-order chi connectivity index (χ0) is 9.26. The molecule has 1 heteroatoms. The molecule has 0 fully saturated rings. The molecule has 0 N–H and O–H groups in total. The highest BCUT2D eigenvalue weighted by Crippen LogP contribution is 2.13. The van der Waals surface area contributed by atoms with Crippen molar-refractivity contribution < 1.29 is 0 Å². The fourth-order valence-corrected chi connectivity index (χ4v) is 1.32. The smallest absolute Gasteiger partial charge is 0.0706 e. The number of hydrogen-bond donors (Lipinski definition) is 0. The number of nitrogens with zero attached hydrogens (tertiary/aromatic N) is 1. The summed E-state index contributed by atoms with van der Waals surface area (Å²) in [5, 5.41) is 1.10. The molecule has 0 aliphatic rings. The number of aromatic nitrogens is 1. The molecule has 0 atom stereocenters. The molecule has 1 nitrogen and oxygen atoms in total. The van der Waals surface area contributed by atoms with Gasteiger partial charge >= 0.3 is 0 Å². The van der Waals surface area contributed by atoms with Crippen LogP contribution >= 0.6 is 0 Å². The van der Waals surface area contributed by atoms with E-state index in [0.717, 1.165) is 22.2 Å². The Kier molecular flexibility index (Phi) is 1.75. The van der Waals surface area contributed by atoms with Gasteiger partial charge in [0.05, 0.1) is 5.52 Å². The van der Waals surface area contributed by atoms with E-state index in [1.54, 1.807) is 0 Å². The van der Waals surface area contributed by atoms with Crippen LogP contribution in [0, 0.1) is 19.3 Å². The maximum Gasteiger partial charge on any atom is 0.0706 e. The van der Waals surface area contributed by atoms with Gasteiger partial charge in [0.15, 0.2) is 0 Å². The molecule has 62 valence electrons. The third-order valence-electron chi connectivity index (χ3n) is 2.00. The highest BCUT2D eigenvalue weighted by Gasteiger charge is 1.95. The number of terminal acetylenes is 1. The van der Waals surface area contributed by atoms with Crippen molar-refractivity contribution in [3.63, 3.8) is 0 Å². The first-order valence-corrected chi connectivity index (χ1v) is 4.13. The van der Waals surface area contributed by atoms with E-state index in [9.17, 15) is 0 Å². The maximum absolute atomic E-state index is 5.30. The topological polar surface area (TPSA) is 12.9 Å². The van der Waals surface area contributed by atoms with Gasteiger partial charge in [-0.25, -0.2) is 0 Å². The molecule has 0 spiro atoms. The first-order valence-electron chi connectivity index (χ1n) is 4.13. The van der Waals surface area contributed by atoms with Crippen LogP contribution in [0.25, 0.3) is 10.9 Å². The number of benzene rings is 1. The van der Waals surface area contributed by atoms with Crippen LogP contribution in [-0.4, -0.2) is 4.98 Å². The normalized spacial score (nSPS) is 9.85. The zero-order valence-corrected chi connectivity index (χ0v) is 7.41. The lowest BCUT2D eigenvalue weighted by Crippen LogP contribution is -1.83. The molecule has 1 aromatic carbocycles. The predicted octanol–water partition coefficient (Wildman–Crippen LogP) is 2.52. The summed E-state index contributed by atoms with van der Waals surface area (Å²) in [5.74, 6) is 2.61. The molecule has 0 bridgehead atoms. The van der Waals surface area contributed by atoms with E-state index in [2.05, 4.69) is 10.9 Å². The molecule has 13 heavy (non-hydrogen) atoms. The SMILES string of the molecule is C#Cc1ccc2nc(C)ccc2c1. The van der Waals surface area contributed by atoms with Crippen molar-refractivity contribution in [2.75, 3.05) is 0 Å². The molecule has 0 saturated carbocycles. The zero-order valence-electron chi connectivity index (χ0n) is 7.41. The highest BCUT2D eigenvalue weighted by atomic mass is 14.7. The summed E-state index contributed by atoms with van der Waals surface area (Å²) >= 11 is 0. The number of hydrogen-bond acceptors (Lipinski definition) is 1. The van der Waals surface area contributed by atoms with Crippen LogP contribution < -0.4 is 0 Å². The van der Waals surface area contributed by atoms with Crippen LogP contribution in [0.1, 0.15) is 11.3 Å².